The van der Waals surface area contributed by atoms with Gasteiger partial charge in [0.15, 0.2) is 0 Å². The first-order chi connectivity index (χ1) is 28.8. The molecule has 0 aliphatic carbocycles. The Kier molecular flexibility index (Phi) is 24.2. The molecule has 0 heterocycles. The van der Waals surface area contributed by atoms with E-state index in [-0.39, 0.29) is 35.6 Å². The molecule has 0 N–H and O–H groups in total. The molecule has 0 unspecified atom stereocenters. The number of quaternary nitrogens is 2. The summed E-state index contributed by atoms with van der Waals surface area (Å²) in [7, 11) is 8.99. The molecule has 6 nitrogen and oxygen atoms in total. The second kappa shape index (κ2) is 26.3. The van der Waals surface area contributed by atoms with E-state index in [9.17, 15) is 0 Å². The van der Waals surface area contributed by atoms with Gasteiger partial charge in [0.1, 0.15) is 50.9 Å². The van der Waals surface area contributed by atoms with E-state index in [1.807, 2.05) is 0 Å². The van der Waals surface area contributed by atoms with Crippen LogP contribution in [0.5, 0.6) is 11.5 Å². The van der Waals surface area contributed by atoms with Crippen molar-refractivity contribution in [2.75, 3.05) is 80.9 Å². The van der Waals surface area contributed by atoms with E-state index in [4.69, 9.17) is 18.9 Å². The summed E-state index contributed by atoms with van der Waals surface area (Å²) in [6.07, 6.45) is 2.29. The van der Waals surface area contributed by atoms with E-state index in [1.54, 1.807) is 0 Å². The van der Waals surface area contributed by atoms with Crippen molar-refractivity contribution in [3.05, 3.63) is 130 Å². The summed E-state index contributed by atoms with van der Waals surface area (Å²) in [5, 5.41) is 0. The summed E-state index contributed by atoms with van der Waals surface area (Å²) in [5.41, 5.74) is 8.90. The third-order valence-electron chi connectivity index (χ3n) is 11.4. The number of likely N-dealkylation sites (N-methyl/N-ethyl adjacent to an activating group) is 2. The van der Waals surface area contributed by atoms with Gasteiger partial charge in [-0.05, 0) is 88.8 Å². The fourth-order valence-electron chi connectivity index (χ4n) is 9.14. The monoisotopic (exact) mass is 923 g/mol. The summed E-state index contributed by atoms with van der Waals surface area (Å²) in [5.74, 6) is 1.88. The van der Waals surface area contributed by atoms with Crippen molar-refractivity contribution >= 4 is 0 Å². The zero-order valence-electron chi connectivity index (χ0n) is 43.0. The fraction of sp³-hybridized carbons (Fsp3) is 0.571. The molecule has 0 fully saturated rings. The predicted octanol–water partition coefficient (Wildman–Crippen LogP) is 6.77. The molecule has 0 radical (unpaired) electrons. The molecule has 0 amide bonds. The van der Waals surface area contributed by atoms with Crippen LogP contribution in [0.2, 0.25) is 0 Å². The maximum absolute atomic E-state index is 6.00. The van der Waals surface area contributed by atoms with Crippen LogP contribution in [-0.2, 0) is 33.4 Å². The van der Waals surface area contributed by atoms with Crippen molar-refractivity contribution in [1.29, 1.82) is 0 Å². The highest BCUT2D eigenvalue weighted by Crippen LogP contribution is 2.39. The molecule has 0 spiro atoms. The first-order valence-corrected chi connectivity index (χ1v) is 23.1. The maximum atomic E-state index is 6.00. The lowest BCUT2D eigenvalue weighted by Gasteiger charge is -2.34. The Morgan fingerprint density at radius 2 is 0.906 bits per heavy atom. The van der Waals surface area contributed by atoms with Crippen molar-refractivity contribution in [1.82, 2.24) is 0 Å². The summed E-state index contributed by atoms with van der Waals surface area (Å²) in [6.45, 7) is 35.4. The van der Waals surface area contributed by atoms with Gasteiger partial charge in [-0.1, -0.05) is 148 Å². The lowest BCUT2D eigenvalue weighted by Crippen LogP contribution is -3.00. The quantitative estimate of drug-likeness (QED) is 0.0645. The van der Waals surface area contributed by atoms with Crippen molar-refractivity contribution in [3.8, 4) is 11.5 Å². The van der Waals surface area contributed by atoms with Crippen LogP contribution >= 0.6 is 0 Å². The Hall–Kier alpha value is -3.10. The van der Waals surface area contributed by atoms with Crippen LogP contribution in [0.25, 0.3) is 0 Å². The number of aryl methyl sites for hydroxylation is 2. The molecule has 64 heavy (non-hydrogen) atoms. The van der Waals surface area contributed by atoms with Gasteiger partial charge >= 0.3 is 0 Å². The summed E-state index contributed by atoms with van der Waals surface area (Å²) >= 11 is 0. The van der Waals surface area contributed by atoms with Gasteiger partial charge in [-0.25, -0.2) is 0 Å². The van der Waals surface area contributed by atoms with Crippen molar-refractivity contribution in [2.45, 2.75) is 120 Å². The summed E-state index contributed by atoms with van der Waals surface area (Å²) in [6, 6.07) is 34.4. The van der Waals surface area contributed by atoms with Crippen LogP contribution in [0.4, 0.5) is 0 Å². The van der Waals surface area contributed by atoms with Crippen LogP contribution < -0.4 is 34.3 Å². The molecule has 0 bridgehead atoms. The Labute approximate surface area is 404 Å². The van der Waals surface area contributed by atoms with E-state index < -0.39 is 0 Å². The van der Waals surface area contributed by atoms with E-state index >= 15 is 0 Å². The minimum absolute atomic E-state index is 0. The van der Waals surface area contributed by atoms with Crippen molar-refractivity contribution in [2.24, 2.45) is 10.8 Å². The van der Waals surface area contributed by atoms with Crippen molar-refractivity contribution in [3.63, 3.8) is 0 Å². The third-order valence-corrected chi connectivity index (χ3v) is 11.4. The number of hydrogen-bond acceptors (Lipinski definition) is 4. The first-order valence-electron chi connectivity index (χ1n) is 23.1. The molecule has 0 atom stereocenters. The molecular weight excluding hydrogens is 836 g/mol. The van der Waals surface area contributed by atoms with E-state index in [0.29, 0.717) is 37.3 Å². The van der Waals surface area contributed by atoms with Gasteiger partial charge in [-0.15, -0.1) is 0 Å². The molecule has 8 heteroatoms. The number of benzene rings is 4. The lowest BCUT2D eigenvalue weighted by atomic mass is 9.71. The van der Waals surface area contributed by atoms with Gasteiger partial charge in [0.2, 0.25) is 0 Å². The average molecular weight is 924 g/mol. The molecule has 0 aromatic heterocycles. The second-order valence-electron chi connectivity index (χ2n) is 22.7. The number of hydrogen-bond donors (Lipinski definition) is 0. The van der Waals surface area contributed by atoms with Gasteiger partial charge in [0, 0.05) is 11.1 Å². The first kappa shape index (κ1) is 58.9. The van der Waals surface area contributed by atoms with E-state index in [0.717, 1.165) is 72.7 Å². The Morgan fingerprint density at radius 1 is 0.453 bits per heavy atom. The highest BCUT2D eigenvalue weighted by Gasteiger charge is 2.29. The lowest BCUT2D eigenvalue weighted by molar-refractivity contribution is -0.904. The molecule has 4 aromatic carbocycles. The molecule has 0 saturated heterocycles. The largest absolute Gasteiger partial charge is 1.00 e. The van der Waals surface area contributed by atoms with E-state index in [2.05, 4.69) is 208 Å². The van der Waals surface area contributed by atoms with Crippen LogP contribution in [0.1, 0.15) is 115 Å². The molecule has 4 aromatic rings. The zero-order chi connectivity index (χ0) is 46.2. The summed E-state index contributed by atoms with van der Waals surface area (Å²) < 4.78 is 25.5. The van der Waals surface area contributed by atoms with Gasteiger partial charge in [-0.2, -0.15) is 0 Å². The minimum Gasteiger partial charge on any atom is -1.00 e. The fourth-order valence-corrected chi connectivity index (χ4v) is 9.14. The predicted molar refractivity (Wildman–Crippen MR) is 263 cm³/mol. The zero-order valence-corrected chi connectivity index (χ0v) is 44.5. The van der Waals surface area contributed by atoms with Gasteiger partial charge in [-0.3, -0.25) is 0 Å². The van der Waals surface area contributed by atoms with Gasteiger partial charge < -0.3 is 52.7 Å². The highest BCUT2D eigenvalue weighted by molar-refractivity contribution is 5.40. The topological polar surface area (TPSA) is 36.9 Å². The maximum Gasteiger partial charge on any atom is 0.122 e. The van der Waals surface area contributed by atoms with Crippen LogP contribution in [-0.4, -0.2) is 89.9 Å². The third kappa shape index (κ3) is 22.9. The second-order valence-corrected chi connectivity index (χ2v) is 22.7. The average Bonchev–Trinajstić information content (AvgIpc) is 3.13. The SMILES string of the molecule is Cc1cc(C(C)(C)CC(C)(C)C)ccc1OCCOCC[N+](C)(C)Cc1ccccc1.Cc1cc(OCCOCC[N+](C)(C)Cc2ccccc2)ccc1C(C)(C)CC(C)(C)C.[Cl-].[Cl-]. The van der Waals surface area contributed by atoms with Gasteiger partial charge in [0.05, 0.1) is 54.6 Å². The molecule has 0 aliphatic heterocycles. The molecule has 0 saturated carbocycles. The minimum atomic E-state index is 0. The van der Waals surface area contributed by atoms with E-state index in [1.165, 1.54) is 33.4 Å². The van der Waals surface area contributed by atoms with Crippen LogP contribution in [0.3, 0.4) is 0 Å². The Bertz CT molecular complexity index is 1900. The number of rotatable bonds is 22. The van der Waals surface area contributed by atoms with Crippen LogP contribution in [0, 0.1) is 24.7 Å². The van der Waals surface area contributed by atoms with Gasteiger partial charge in [0.25, 0.3) is 0 Å². The number of nitrogens with zero attached hydrogens (tertiary/aromatic N) is 2. The molecule has 360 valence electrons. The Morgan fingerprint density at radius 3 is 1.34 bits per heavy atom. The highest BCUT2D eigenvalue weighted by atomic mass is 35.5. The smallest absolute Gasteiger partial charge is 0.122 e. The molecule has 0 aliphatic rings. The standard InChI is InChI=1S/2C28H44NO2.2ClH/c1-23-20-25(14-15-26(23)28(5,6)22-27(2,3)4)31-19-18-30-17-16-29(7,8)21-24-12-10-9-11-13-24;1-23-20-25(28(5,6)22-27(2,3)4)14-15-26(23)31-19-18-30-17-16-29(7,8)21-24-12-10-9-11-13-24;;/h2*9-15,20H,16-19,21-22H2,1-8H3;2*1H/q2*+1;;/p-2. The molecular formula is C56H88Cl2N2O4. The Balaban J connectivity index is 0.000000621. The molecule has 4 rings (SSSR count). The number of halogens is 2. The number of ether oxygens (including phenoxy) is 4. The van der Waals surface area contributed by atoms with Crippen LogP contribution in [0.15, 0.2) is 97.1 Å². The van der Waals surface area contributed by atoms with Crippen molar-refractivity contribution < 1.29 is 52.7 Å². The summed E-state index contributed by atoms with van der Waals surface area (Å²) in [4.78, 5) is 0. The normalized spacial score (nSPS) is 12.4.